The Labute approximate surface area is 159 Å². The van der Waals surface area contributed by atoms with Crippen molar-refractivity contribution in [2.45, 2.75) is 13.1 Å². The zero-order valence-electron chi connectivity index (χ0n) is 14.6. The molecule has 0 atom stereocenters. The van der Waals surface area contributed by atoms with Gasteiger partial charge in [-0.3, -0.25) is 9.59 Å². The van der Waals surface area contributed by atoms with Gasteiger partial charge in [0, 0.05) is 35.7 Å². The second-order valence-corrected chi connectivity index (χ2v) is 6.98. The van der Waals surface area contributed by atoms with Crippen LogP contribution in [0.25, 0.3) is 10.9 Å². The first-order valence-corrected chi connectivity index (χ1v) is 8.93. The van der Waals surface area contributed by atoms with E-state index in [-0.39, 0.29) is 17.9 Å². The lowest BCUT2D eigenvalue weighted by atomic mass is 10.2. The quantitative estimate of drug-likeness (QED) is 0.642. The fraction of sp³-hybridized carbons (Fsp3) is 0.200. The number of aromatic nitrogens is 1. The summed E-state index contributed by atoms with van der Waals surface area (Å²) in [5, 5.41) is 0.590. The standard InChI is InChI=1S/C20H19BrN2O3/c1-22(12-14-3-6-16(26-2)7-4-14)20(25)13-23-10-9-19(24)17-11-15(21)5-8-18(17)23/h3-11H,12-13H2,1-2H3. The minimum absolute atomic E-state index is 0.0336. The Hall–Kier alpha value is -2.60. The van der Waals surface area contributed by atoms with Gasteiger partial charge in [0.05, 0.1) is 12.6 Å². The number of ether oxygens (including phenoxy) is 1. The van der Waals surface area contributed by atoms with E-state index < -0.39 is 0 Å². The number of carbonyl (C=O) groups is 1. The first-order chi connectivity index (χ1) is 12.5. The summed E-state index contributed by atoms with van der Waals surface area (Å²) in [6, 6.07) is 14.6. The Bertz CT molecular complexity index is 996. The van der Waals surface area contributed by atoms with Crippen LogP contribution in [-0.4, -0.2) is 29.5 Å². The summed E-state index contributed by atoms with van der Waals surface area (Å²) >= 11 is 3.38. The van der Waals surface area contributed by atoms with Gasteiger partial charge in [-0.15, -0.1) is 0 Å². The third-order valence-electron chi connectivity index (χ3n) is 4.25. The second kappa shape index (κ2) is 7.74. The van der Waals surface area contributed by atoms with E-state index in [4.69, 9.17) is 4.74 Å². The minimum atomic E-state index is -0.0587. The fourth-order valence-electron chi connectivity index (χ4n) is 2.78. The largest absolute Gasteiger partial charge is 0.497 e. The number of amides is 1. The molecular weight excluding hydrogens is 396 g/mol. The molecule has 0 bridgehead atoms. The molecule has 1 heterocycles. The van der Waals surface area contributed by atoms with Crippen LogP contribution in [0.1, 0.15) is 5.56 Å². The summed E-state index contributed by atoms with van der Waals surface area (Å²) < 4.78 is 7.78. The Balaban J connectivity index is 1.77. The van der Waals surface area contributed by atoms with Crippen LogP contribution in [0.15, 0.2) is 64.0 Å². The Morgan fingerprint density at radius 2 is 1.88 bits per heavy atom. The molecule has 5 nitrogen and oxygen atoms in total. The number of nitrogens with zero attached hydrogens (tertiary/aromatic N) is 2. The number of halogens is 1. The van der Waals surface area contributed by atoms with E-state index in [2.05, 4.69) is 15.9 Å². The van der Waals surface area contributed by atoms with Crippen molar-refractivity contribution in [1.29, 1.82) is 0 Å². The molecule has 0 unspecified atom stereocenters. The Morgan fingerprint density at radius 3 is 2.58 bits per heavy atom. The lowest BCUT2D eigenvalue weighted by molar-refractivity contribution is -0.131. The lowest BCUT2D eigenvalue weighted by Crippen LogP contribution is -2.30. The lowest BCUT2D eigenvalue weighted by Gasteiger charge is -2.19. The molecule has 0 spiro atoms. The first-order valence-electron chi connectivity index (χ1n) is 8.13. The van der Waals surface area contributed by atoms with Crippen molar-refractivity contribution in [2.75, 3.05) is 14.2 Å². The molecule has 3 aromatic rings. The topological polar surface area (TPSA) is 51.5 Å². The highest BCUT2D eigenvalue weighted by Crippen LogP contribution is 2.17. The van der Waals surface area contributed by atoms with E-state index in [1.165, 1.54) is 6.07 Å². The van der Waals surface area contributed by atoms with Gasteiger partial charge in [-0.25, -0.2) is 0 Å². The first kappa shape index (κ1) is 18.2. The average Bonchev–Trinajstić information content (AvgIpc) is 2.64. The number of benzene rings is 2. The number of hydrogen-bond donors (Lipinski definition) is 0. The van der Waals surface area contributed by atoms with Gasteiger partial charge in [-0.1, -0.05) is 28.1 Å². The highest BCUT2D eigenvalue weighted by atomic mass is 79.9. The number of fused-ring (bicyclic) bond motifs is 1. The molecule has 2 aromatic carbocycles. The molecule has 134 valence electrons. The van der Waals surface area contributed by atoms with Crippen molar-refractivity contribution in [3.05, 3.63) is 75.0 Å². The summed E-state index contributed by atoms with van der Waals surface area (Å²) in [6.07, 6.45) is 1.66. The molecule has 26 heavy (non-hydrogen) atoms. The molecule has 0 aliphatic rings. The van der Waals surface area contributed by atoms with Crippen molar-refractivity contribution >= 4 is 32.7 Å². The maximum atomic E-state index is 12.6. The zero-order valence-corrected chi connectivity index (χ0v) is 16.2. The van der Waals surface area contributed by atoms with Gasteiger partial charge in [0.25, 0.3) is 0 Å². The molecule has 1 aromatic heterocycles. The van der Waals surface area contributed by atoms with Crippen LogP contribution in [0.2, 0.25) is 0 Å². The number of rotatable bonds is 5. The fourth-order valence-corrected chi connectivity index (χ4v) is 3.14. The highest BCUT2D eigenvalue weighted by Gasteiger charge is 2.12. The third-order valence-corrected chi connectivity index (χ3v) is 4.74. The van der Waals surface area contributed by atoms with E-state index >= 15 is 0 Å². The van der Waals surface area contributed by atoms with Crippen LogP contribution < -0.4 is 10.2 Å². The molecule has 0 fully saturated rings. The molecular formula is C20H19BrN2O3. The van der Waals surface area contributed by atoms with E-state index in [0.717, 1.165) is 21.3 Å². The van der Waals surface area contributed by atoms with Crippen molar-refractivity contribution in [2.24, 2.45) is 0 Å². The van der Waals surface area contributed by atoms with Gasteiger partial charge in [-0.05, 0) is 35.9 Å². The molecule has 0 aliphatic carbocycles. The van der Waals surface area contributed by atoms with Gasteiger partial charge >= 0.3 is 0 Å². The summed E-state index contributed by atoms with van der Waals surface area (Å²) in [5.41, 5.74) is 1.71. The van der Waals surface area contributed by atoms with Crippen molar-refractivity contribution in [3.63, 3.8) is 0 Å². The van der Waals surface area contributed by atoms with Gasteiger partial charge in [-0.2, -0.15) is 0 Å². The van der Waals surface area contributed by atoms with Crippen LogP contribution in [0.5, 0.6) is 5.75 Å². The maximum absolute atomic E-state index is 12.6. The van der Waals surface area contributed by atoms with E-state index in [9.17, 15) is 9.59 Å². The number of hydrogen-bond acceptors (Lipinski definition) is 3. The monoisotopic (exact) mass is 414 g/mol. The minimum Gasteiger partial charge on any atom is -0.497 e. The van der Waals surface area contributed by atoms with Gasteiger partial charge in [0.15, 0.2) is 5.43 Å². The molecule has 0 N–H and O–H groups in total. The predicted octanol–water partition coefficient (Wildman–Crippen LogP) is 3.43. The number of carbonyl (C=O) groups excluding carboxylic acids is 1. The zero-order chi connectivity index (χ0) is 18.7. The summed E-state index contributed by atoms with van der Waals surface area (Å²) in [4.78, 5) is 26.4. The van der Waals surface area contributed by atoms with Gasteiger partial charge < -0.3 is 14.2 Å². The van der Waals surface area contributed by atoms with Crippen LogP contribution in [0.3, 0.4) is 0 Å². The van der Waals surface area contributed by atoms with E-state index in [1.54, 1.807) is 35.9 Å². The maximum Gasteiger partial charge on any atom is 0.242 e. The van der Waals surface area contributed by atoms with Crippen molar-refractivity contribution in [3.8, 4) is 5.75 Å². The number of likely N-dealkylation sites (N-methyl/N-ethyl adjacent to an activating group) is 1. The average molecular weight is 415 g/mol. The Morgan fingerprint density at radius 1 is 1.15 bits per heavy atom. The molecule has 0 saturated heterocycles. The molecule has 0 saturated carbocycles. The smallest absolute Gasteiger partial charge is 0.242 e. The number of methoxy groups -OCH3 is 1. The van der Waals surface area contributed by atoms with E-state index in [1.807, 2.05) is 36.4 Å². The van der Waals surface area contributed by atoms with Crippen LogP contribution in [-0.2, 0) is 17.9 Å². The van der Waals surface area contributed by atoms with E-state index in [0.29, 0.717) is 11.9 Å². The summed E-state index contributed by atoms with van der Waals surface area (Å²) in [6.45, 7) is 0.678. The van der Waals surface area contributed by atoms with Crippen molar-refractivity contribution in [1.82, 2.24) is 9.47 Å². The molecule has 6 heteroatoms. The van der Waals surface area contributed by atoms with Crippen molar-refractivity contribution < 1.29 is 9.53 Å². The molecule has 0 radical (unpaired) electrons. The number of pyridine rings is 1. The van der Waals surface area contributed by atoms with Gasteiger partial charge in [0.1, 0.15) is 12.3 Å². The highest BCUT2D eigenvalue weighted by molar-refractivity contribution is 9.10. The SMILES string of the molecule is COc1ccc(CN(C)C(=O)Cn2ccc(=O)c3cc(Br)ccc32)cc1. The molecule has 0 aliphatic heterocycles. The third kappa shape index (κ3) is 3.96. The van der Waals surface area contributed by atoms with Crippen LogP contribution in [0, 0.1) is 0 Å². The van der Waals surface area contributed by atoms with Crippen LogP contribution in [0.4, 0.5) is 0 Å². The predicted molar refractivity (Wildman–Crippen MR) is 105 cm³/mol. The van der Waals surface area contributed by atoms with Gasteiger partial charge in [0.2, 0.25) is 5.91 Å². The summed E-state index contributed by atoms with van der Waals surface area (Å²) in [5.74, 6) is 0.752. The summed E-state index contributed by atoms with van der Waals surface area (Å²) in [7, 11) is 3.39. The molecule has 1 amide bonds. The normalized spacial score (nSPS) is 10.7. The van der Waals surface area contributed by atoms with Crippen LogP contribution >= 0.6 is 15.9 Å². The Kier molecular flexibility index (Phi) is 5.42. The molecule has 3 rings (SSSR count). The second-order valence-electron chi connectivity index (χ2n) is 6.07.